The lowest BCUT2D eigenvalue weighted by molar-refractivity contribution is -0.136. The van der Waals surface area contributed by atoms with Crippen molar-refractivity contribution in [2.75, 3.05) is 27.2 Å². The highest BCUT2D eigenvalue weighted by Gasteiger charge is 2.34. The number of hydrogen-bond acceptors (Lipinski definition) is 7. The maximum absolute atomic E-state index is 13.1. The number of piperidine rings is 1. The van der Waals surface area contributed by atoms with Crippen LogP contribution in [0.15, 0.2) is 64.0 Å². The number of carbonyl (C=O) groups excluding carboxylic acids is 1. The first kappa shape index (κ1) is 22.9. The first-order valence-corrected chi connectivity index (χ1v) is 12.1. The maximum atomic E-state index is 13.1. The molecule has 0 spiro atoms. The molecule has 10 heteroatoms. The van der Waals surface area contributed by atoms with Crippen LogP contribution in [-0.4, -0.2) is 60.9 Å². The van der Waals surface area contributed by atoms with Gasteiger partial charge in [-0.05, 0) is 37.1 Å². The van der Waals surface area contributed by atoms with Gasteiger partial charge in [0.2, 0.25) is 27.6 Å². The van der Waals surface area contributed by atoms with E-state index < -0.39 is 15.9 Å². The van der Waals surface area contributed by atoms with Crippen LogP contribution in [0.5, 0.6) is 5.75 Å². The molecule has 1 aliphatic heterocycles. The number of hydrogen-bond donors (Lipinski definition) is 0. The Bertz CT molecular complexity index is 1210. The van der Waals surface area contributed by atoms with Gasteiger partial charge in [0, 0.05) is 25.7 Å². The van der Waals surface area contributed by atoms with Gasteiger partial charge in [0.25, 0.3) is 0 Å². The van der Waals surface area contributed by atoms with E-state index in [1.165, 1.54) is 9.21 Å². The largest absolute Gasteiger partial charge is 0.497 e. The van der Waals surface area contributed by atoms with E-state index in [1.54, 1.807) is 50.6 Å². The van der Waals surface area contributed by atoms with Crippen LogP contribution < -0.4 is 4.74 Å². The molecule has 0 bridgehead atoms. The fraction of sp³-hybridized carbons (Fsp3) is 0.348. The van der Waals surface area contributed by atoms with E-state index in [4.69, 9.17) is 9.26 Å². The Morgan fingerprint density at radius 1 is 1.21 bits per heavy atom. The van der Waals surface area contributed by atoms with Crippen molar-refractivity contribution < 1.29 is 22.5 Å². The van der Waals surface area contributed by atoms with Crippen LogP contribution in [-0.2, 0) is 21.4 Å². The van der Waals surface area contributed by atoms with Crippen LogP contribution in [0.25, 0.3) is 11.4 Å². The molecule has 1 amide bonds. The third kappa shape index (κ3) is 5.07. The number of carbonyl (C=O) groups is 1. The second-order valence-corrected chi connectivity index (χ2v) is 9.89. The summed E-state index contributed by atoms with van der Waals surface area (Å²) in [4.78, 5) is 19.2. The van der Waals surface area contributed by atoms with Gasteiger partial charge < -0.3 is 14.2 Å². The molecule has 2 aromatic carbocycles. The van der Waals surface area contributed by atoms with Crippen LogP contribution in [0, 0.1) is 5.92 Å². The summed E-state index contributed by atoms with van der Waals surface area (Å²) in [6, 6.07) is 15.6. The summed E-state index contributed by atoms with van der Waals surface area (Å²) in [6.07, 6.45) is 1.25. The van der Waals surface area contributed by atoms with Gasteiger partial charge in [-0.25, -0.2) is 8.42 Å². The van der Waals surface area contributed by atoms with E-state index in [1.807, 2.05) is 18.2 Å². The molecule has 3 aromatic rings. The minimum atomic E-state index is -3.63. The molecule has 4 rings (SSSR count). The minimum absolute atomic E-state index is 0.137. The number of rotatable bonds is 7. The third-order valence-corrected chi connectivity index (χ3v) is 7.54. The van der Waals surface area contributed by atoms with Crippen molar-refractivity contribution in [3.05, 3.63) is 60.5 Å². The molecule has 2 heterocycles. The number of ether oxygens (including phenoxy) is 1. The highest BCUT2D eigenvalue weighted by atomic mass is 32.2. The predicted octanol–water partition coefficient (Wildman–Crippen LogP) is 2.80. The molecule has 1 atom stereocenters. The number of aromatic nitrogens is 2. The topological polar surface area (TPSA) is 106 Å². The standard InChI is InChI=1S/C23H26N4O5S/c1-26(16-21-24-22(25-32-21)17-8-6-10-19(14-17)31-2)23(28)18-9-7-13-27(15-18)33(29,30)20-11-4-3-5-12-20/h3-6,8,10-12,14,18H,7,9,13,15-16H2,1-2H3/t18-/m0/s1. The molecular weight excluding hydrogens is 444 g/mol. The Balaban J connectivity index is 1.41. The van der Waals surface area contributed by atoms with Gasteiger partial charge in [-0.3, -0.25) is 4.79 Å². The third-order valence-electron chi connectivity index (χ3n) is 5.66. The van der Waals surface area contributed by atoms with Crippen molar-refractivity contribution in [2.24, 2.45) is 5.92 Å². The molecular formula is C23H26N4O5S. The van der Waals surface area contributed by atoms with E-state index in [9.17, 15) is 13.2 Å². The summed E-state index contributed by atoms with van der Waals surface area (Å²) in [5, 5.41) is 4.00. The van der Waals surface area contributed by atoms with Crippen molar-refractivity contribution in [1.82, 2.24) is 19.3 Å². The minimum Gasteiger partial charge on any atom is -0.497 e. The van der Waals surface area contributed by atoms with E-state index in [0.29, 0.717) is 36.9 Å². The van der Waals surface area contributed by atoms with Crippen LogP contribution in [0.1, 0.15) is 18.7 Å². The first-order chi connectivity index (χ1) is 15.9. The van der Waals surface area contributed by atoms with Crippen molar-refractivity contribution >= 4 is 15.9 Å². The van der Waals surface area contributed by atoms with E-state index in [0.717, 1.165) is 5.56 Å². The summed E-state index contributed by atoms with van der Waals surface area (Å²) in [6.45, 7) is 0.690. The Hall–Kier alpha value is -3.24. The van der Waals surface area contributed by atoms with Crippen LogP contribution >= 0.6 is 0 Å². The highest BCUT2D eigenvalue weighted by Crippen LogP contribution is 2.26. The Morgan fingerprint density at radius 2 is 2.00 bits per heavy atom. The molecule has 1 fully saturated rings. The van der Waals surface area contributed by atoms with Gasteiger partial charge in [-0.2, -0.15) is 9.29 Å². The lowest BCUT2D eigenvalue weighted by Gasteiger charge is -2.33. The number of benzene rings is 2. The number of sulfonamides is 1. The molecule has 0 unspecified atom stereocenters. The second-order valence-electron chi connectivity index (χ2n) is 7.95. The van der Waals surface area contributed by atoms with Gasteiger partial charge in [0.1, 0.15) is 5.75 Å². The van der Waals surface area contributed by atoms with Crippen molar-refractivity contribution in [3.63, 3.8) is 0 Å². The summed E-state index contributed by atoms with van der Waals surface area (Å²) < 4.78 is 37.9. The summed E-state index contributed by atoms with van der Waals surface area (Å²) in [7, 11) is -0.397. The van der Waals surface area contributed by atoms with Crippen molar-refractivity contribution in [1.29, 1.82) is 0 Å². The normalized spacial score (nSPS) is 17.0. The SMILES string of the molecule is COc1cccc(-c2noc(CN(C)C(=O)[C@H]3CCCN(S(=O)(=O)c4ccccc4)C3)n2)c1. The molecule has 1 saturated heterocycles. The maximum Gasteiger partial charge on any atom is 0.246 e. The molecule has 0 N–H and O–H groups in total. The number of methoxy groups -OCH3 is 1. The molecule has 0 aliphatic carbocycles. The summed E-state index contributed by atoms with van der Waals surface area (Å²) in [5.74, 6) is 0.807. The predicted molar refractivity (Wildman–Crippen MR) is 121 cm³/mol. The fourth-order valence-electron chi connectivity index (χ4n) is 3.89. The Morgan fingerprint density at radius 3 is 2.76 bits per heavy atom. The number of nitrogens with zero attached hydrogens (tertiary/aromatic N) is 4. The quantitative estimate of drug-likeness (QED) is 0.523. The second kappa shape index (κ2) is 9.72. The van der Waals surface area contributed by atoms with Crippen molar-refractivity contribution in [2.45, 2.75) is 24.3 Å². The van der Waals surface area contributed by atoms with Gasteiger partial charge in [0.15, 0.2) is 0 Å². The average molecular weight is 471 g/mol. The van der Waals surface area contributed by atoms with Gasteiger partial charge in [-0.15, -0.1) is 0 Å². The molecule has 0 saturated carbocycles. The van der Waals surface area contributed by atoms with Crippen molar-refractivity contribution in [3.8, 4) is 17.1 Å². The zero-order chi connectivity index (χ0) is 23.4. The van der Waals surface area contributed by atoms with Gasteiger partial charge in [-0.1, -0.05) is 35.5 Å². The molecule has 1 aromatic heterocycles. The molecule has 174 valence electrons. The molecule has 33 heavy (non-hydrogen) atoms. The van der Waals surface area contributed by atoms with Crippen LogP contribution in [0.2, 0.25) is 0 Å². The Kier molecular flexibility index (Phi) is 6.75. The highest BCUT2D eigenvalue weighted by molar-refractivity contribution is 7.89. The molecule has 9 nitrogen and oxygen atoms in total. The zero-order valence-corrected chi connectivity index (χ0v) is 19.4. The van der Waals surface area contributed by atoms with E-state index in [-0.39, 0.29) is 23.9 Å². The van der Waals surface area contributed by atoms with E-state index >= 15 is 0 Å². The summed E-state index contributed by atoms with van der Waals surface area (Å²) >= 11 is 0. The average Bonchev–Trinajstić information content (AvgIpc) is 3.32. The Labute approximate surface area is 193 Å². The van der Waals surface area contributed by atoms with Crippen LogP contribution in [0.4, 0.5) is 0 Å². The van der Waals surface area contributed by atoms with Gasteiger partial charge in [0.05, 0.1) is 24.5 Å². The van der Waals surface area contributed by atoms with Crippen LogP contribution in [0.3, 0.4) is 0 Å². The first-order valence-electron chi connectivity index (χ1n) is 10.7. The zero-order valence-electron chi connectivity index (χ0n) is 18.5. The smallest absolute Gasteiger partial charge is 0.246 e. The number of amides is 1. The van der Waals surface area contributed by atoms with Gasteiger partial charge >= 0.3 is 0 Å². The van der Waals surface area contributed by atoms with E-state index in [2.05, 4.69) is 10.1 Å². The molecule has 0 radical (unpaired) electrons. The fourth-order valence-corrected chi connectivity index (χ4v) is 5.44. The monoisotopic (exact) mass is 470 g/mol. The molecule has 1 aliphatic rings. The summed E-state index contributed by atoms with van der Waals surface area (Å²) in [5.41, 5.74) is 0.743. The lowest BCUT2D eigenvalue weighted by atomic mass is 9.98. The lowest BCUT2D eigenvalue weighted by Crippen LogP contribution is -2.45.